The minimum absolute atomic E-state index is 0.248. The number of benzene rings is 1. The van der Waals surface area contributed by atoms with E-state index in [1.807, 2.05) is 30.3 Å². The highest BCUT2D eigenvalue weighted by Gasteiger charge is 2.47. The molecule has 2 aliphatic heterocycles. The normalized spacial score (nSPS) is 24.8. The molecule has 32 heavy (non-hydrogen) atoms. The van der Waals surface area contributed by atoms with Gasteiger partial charge in [-0.3, -0.25) is 14.9 Å². The molecule has 1 spiro atoms. The number of hydrogen-bond acceptors (Lipinski definition) is 6. The number of nitrogens with one attached hydrogen (secondary N) is 1. The van der Waals surface area contributed by atoms with Crippen LogP contribution in [0.1, 0.15) is 51.5 Å². The summed E-state index contributed by atoms with van der Waals surface area (Å²) in [7, 11) is 0. The lowest BCUT2D eigenvalue weighted by Gasteiger charge is -2.44. The predicted molar refractivity (Wildman–Crippen MR) is 118 cm³/mol. The Morgan fingerprint density at radius 2 is 2.03 bits per heavy atom. The van der Waals surface area contributed by atoms with Crippen molar-refractivity contribution in [3.05, 3.63) is 35.9 Å². The van der Waals surface area contributed by atoms with E-state index < -0.39 is 35.7 Å². The van der Waals surface area contributed by atoms with Crippen molar-refractivity contribution in [3.8, 4) is 0 Å². The van der Waals surface area contributed by atoms with Gasteiger partial charge in [-0.2, -0.15) is 0 Å². The van der Waals surface area contributed by atoms with Gasteiger partial charge in [0.2, 0.25) is 5.91 Å². The van der Waals surface area contributed by atoms with Crippen LogP contribution in [0, 0.1) is 0 Å². The fourth-order valence-corrected chi connectivity index (χ4v) is 4.71. The Hall–Kier alpha value is -2.45. The van der Waals surface area contributed by atoms with E-state index in [1.165, 1.54) is 4.90 Å². The highest BCUT2D eigenvalue weighted by atomic mass is 16.5. The summed E-state index contributed by atoms with van der Waals surface area (Å²) in [5.74, 6) is -1.75. The van der Waals surface area contributed by atoms with Gasteiger partial charge in [-0.1, -0.05) is 30.3 Å². The number of carbonyl (C=O) groups is 3. The number of aryl methyl sites for hydroxylation is 1. The molecule has 1 amide bonds. The lowest BCUT2D eigenvalue weighted by molar-refractivity contribution is -0.161. The van der Waals surface area contributed by atoms with Crippen molar-refractivity contribution in [2.45, 2.75) is 76.1 Å². The van der Waals surface area contributed by atoms with Gasteiger partial charge in [0.05, 0.1) is 24.8 Å². The summed E-state index contributed by atoms with van der Waals surface area (Å²) in [6.45, 7) is 4.57. The molecule has 0 radical (unpaired) electrons. The molecule has 2 fully saturated rings. The van der Waals surface area contributed by atoms with Gasteiger partial charge in [0, 0.05) is 6.61 Å². The predicted octanol–water partition coefficient (Wildman–Crippen LogP) is 2.15. The molecule has 8 heteroatoms. The lowest BCUT2D eigenvalue weighted by Crippen LogP contribution is -2.61. The van der Waals surface area contributed by atoms with Gasteiger partial charge in [-0.25, -0.2) is 4.79 Å². The van der Waals surface area contributed by atoms with Crippen molar-refractivity contribution in [2.24, 2.45) is 0 Å². The number of esters is 1. The molecule has 8 nitrogen and oxygen atoms in total. The molecule has 0 bridgehead atoms. The molecule has 1 aromatic carbocycles. The van der Waals surface area contributed by atoms with Gasteiger partial charge in [0.1, 0.15) is 12.1 Å². The zero-order valence-corrected chi connectivity index (χ0v) is 18.9. The van der Waals surface area contributed by atoms with Crippen molar-refractivity contribution < 1.29 is 29.0 Å². The van der Waals surface area contributed by atoms with Crippen LogP contribution >= 0.6 is 0 Å². The second-order valence-corrected chi connectivity index (χ2v) is 8.71. The molecule has 3 unspecified atom stereocenters. The van der Waals surface area contributed by atoms with E-state index >= 15 is 0 Å². The SMILES string of the molecule is CCOC(=O)C(CCc1ccccc1)N[C@@H](C)C(=O)N1CC2(CCCO2)CCC1C(=O)O. The molecule has 2 heterocycles. The molecule has 176 valence electrons. The first-order valence-electron chi connectivity index (χ1n) is 11.5. The summed E-state index contributed by atoms with van der Waals surface area (Å²) >= 11 is 0. The molecule has 2 saturated heterocycles. The average Bonchev–Trinajstić information content (AvgIpc) is 3.24. The molecule has 2 N–H and O–H groups in total. The maximum atomic E-state index is 13.3. The van der Waals surface area contributed by atoms with Crippen molar-refractivity contribution in [3.63, 3.8) is 0 Å². The Kier molecular flexibility index (Phi) is 8.26. The van der Waals surface area contributed by atoms with Crippen LogP contribution in [0.3, 0.4) is 0 Å². The third-order valence-electron chi connectivity index (χ3n) is 6.42. The summed E-state index contributed by atoms with van der Waals surface area (Å²) in [5.41, 5.74) is 0.639. The van der Waals surface area contributed by atoms with Crippen molar-refractivity contribution in [1.82, 2.24) is 10.2 Å². The molecule has 4 atom stereocenters. The van der Waals surface area contributed by atoms with Gasteiger partial charge in [-0.15, -0.1) is 0 Å². The Bertz CT molecular complexity index is 793. The van der Waals surface area contributed by atoms with E-state index in [0.717, 1.165) is 18.4 Å². The topological polar surface area (TPSA) is 105 Å². The molecule has 0 aliphatic carbocycles. The van der Waals surface area contributed by atoms with Crippen molar-refractivity contribution in [2.75, 3.05) is 19.8 Å². The van der Waals surface area contributed by atoms with E-state index in [9.17, 15) is 19.5 Å². The van der Waals surface area contributed by atoms with E-state index in [0.29, 0.717) is 32.3 Å². The van der Waals surface area contributed by atoms with E-state index in [2.05, 4.69) is 5.32 Å². The first-order valence-corrected chi connectivity index (χ1v) is 11.5. The smallest absolute Gasteiger partial charge is 0.326 e. The number of amides is 1. The largest absolute Gasteiger partial charge is 0.480 e. The van der Waals surface area contributed by atoms with Gasteiger partial charge in [0.25, 0.3) is 0 Å². The zero-order valence-electron chi connectivity index (χ0n) is 18.9. The Morgan fingerprint density at radius 3 is 2.66 bits per heavy atom. The Morgan fingerprint density at radius 1 is 1.28 bits per heavy atom. The first-order chi connectivity index (χ1) is 15.3. The van der Waals surface area contributed by atoms with E-state index in [1.54, 1.807) is 13.8 Å². The second kappa shape index (κ2) is 10.9. The number of aliphatic carboxylic acids is 1. The molecule has 0 saturated carbocycles. The highest BCUT2D eigenvalue weighted by molar-refractivity contribution is 5.88. The van der Waals surface area contributed by atoms with Crippen LogP contribution in [-0.2, 0) is 30.3 Å². The van der Waals surface area contributed by atoms with E-state index in [-0.39, 0.29) is 19.1 Å². The lowest BCUT2D eigenvalue weighted by atomic mass is 9.86. The minimum atomic E-state index is -1.01. The Balaban J connectivity index is 1.69. The summed E-state index contributed by atoms with van der Waals surface area (Å²) < 4.78 is 11.1. The van der Waals surface area contributed by atoms with E-state index in [4.69, 9.17) is 9.47 Å². The summed E-state index contributed by atoms with van der Waals surface area (Å²) in [5, 5.41) is 12.8. The van der Waals surface area contributed by atoms with Crippen LogP contribution in [0.25, 0.3) is 0 Å². The molecular weight excluding hydrogens is 412 g/mol. The quantitative estimate of drug-likeness (QED) is 0.560. The van der Waals surface area contributed by atoms with Crippen LogP contribution < -0.4 is 5.32 Å². The van der Waals surface area contributed by atoms with Crippen LogP contribution in [0.15, 0.2) is 30.3 Å². The zero-order chi connectivity index (χ0) is 23.1. The van der Waals surface area contributed by atoms with Crippen LogP contribution in [0.4, 0.5) is 0 Å². The van der Waals surface area contributed by atoms with Crippen molar-refractivity contribution in [1.29, 1.82) is 0 Å². The molecule has 2 aliphatic rings. The minimum Gasteiger partial charge on any atom is -0.480 e. The number of carboxylic acids is 1. The summed E-state index contributed by atoms with van der Waals surface area (Å²) in [6, 6.07) is 7.51. The maximum Gasteiger partial charge on any atom is 0.326 e. The van der Waals surface area contributed by atoms with Crippen molar-refractivity contribution >= 4 is 17.8 Å². The van der Waals surface area contributed by atoms with Crippen LogP contribution in [0.2, 0.25) is 0 Å². The van der Waals surface area contributed by atoms with Gasteiger partial charge >= 0.3 is 11.9 Å². The number of carbonyl (C=O) groups excluding carboxylic acids is 2. The maximum absolute atomic E-state index is 13.3. The number of nitrogens with zero attached hydrogens (tertiary/aromatic N) is 1. The number of rotatable bonds is 9. The standard InChI is InChI=1S/C24H34N2O6/c1-3-31-23(30)19(11-10-18-8-5-4-6-9-18)25-17(2)21(27)26-16-24(13-7-15-32-24)14-12-20(26)22(28)29/h4-6,8-9,17,19-20,25H,3,7,10-16H2,1-2H3,(H,28,29)/t17-,19?,20?,24?/m0/s1. The van der Waals surface area contributed by atoms with Crippen LogP contribution in [-0.4, -0.2) is 71.3 Å². The van der Waals surface area contributed by atoms with Gasteiger partial charge in [-0.05, 0) is 57.9 Å². The molecule has 3 rings (SSSR count). The van der Waals surface area contributed by atoms with Gasteiger partial charge in [0.15, 0.2) is 0 Å². The number of likely N-dealkylation sites (tertiary alicyclic amines) is 1. The fraction of sp³-hybridized carbons (Fsp3) is 0.625. The Labute approximate surface area is 189 Å². The number of hydrogen-bond donors (Lipinski definition) is 2. The average molecular weight is 447 g/mol. The number of ether oxygens (including phenoxy) is 2. The first kappa shape index (κ1) is 24.2. The highest BCUT2D eigenvalue weighted by Crippen LogP contribution is 2.37. The summed E-state index contributed by atoms with van der Waals surface area (Å²) in [4.78, 5) is 39.2. The molecule has 1 aromatic rings. The second-order valence-electron chi connectivity index (χ2n) is 8.71. The molecule has 0 aromatic heterocycles. The third kappa shape index (κ3) is 5.86. The van der Waals surface area contributed by atoms with Crippen LogP contribution in [0.5, 0.6) is 0 Å². The molecular formula is C24H34N2O6. The third-order valence-corrected chi connectivity index (χ3v) is 6.42. The number of carboxylic acid groups (broad SMARTS) is 1. The fourth-order valence-electron chi connectivity index (χ4n) is 4.71. The monoisotopic (exact) mass is 446 g/mol. The summed E-state index contributed by atoms with van der Waals surface area (Å²) in [6.07, 6.45) is 3.86. The van der Waals surface area contributed by atoms with Gasteiger partial charge < -0.3 is 19.5 Å². The number of piperidine rings is 1.